The van der Waals surface area contributed by atoms with Crippen LogP contribution in [-0.2, 0) is 4.79 Å². The molecule has 0 bridgehead atoms. The van der Waals surface area contributed by atoms with Gasteiger partial charge >= 0.3 is 0 Å². The first-order valence-electron chi connectivity index (χ1n) is 6.23. The average Bonchev–Trinajstić information content (AvgIpc) is 2.31. The Bertz CT molecular complexity index is 452. The lowest BCUT2D eigenvalue weighted by Crippen LogP contribution is -2.21. The van der Waals surface area contributed by atoms with Crippen molar-refractivity contribution in [3.8, 4) is 5.75 Å². The first-order valence-corrected chi connectivity index (χ1v) is 6.23. The number of rotatable bonds is 5. The van der Waals surface area contributed by atoms with Crippen molar-refractivity contribution in [2.75, 3.05) is 25.6 Å². The number of hydrogen-bond donors (Lipinski definition) is 0. The molecular formula is C15H23NO2. The Hall–Kier alpha value is -1.51. The standard InChI is InChI=1S/C15H23NO2/c1-10-9-14(16(5)8-7-11(2)17)12(3)13(4)15(10)18-6/h9H,7-8H2,1-6H3. The van der Waals surface area contributed by atoms with Crippen LogP contribution in [0, 0.1) is 20.8 Å². The number of anilines is 1. The third-order valence-corrected chi connectivity index (χ3v) is 3.41. The molecule has 0 saturated heterocycles. The van der Waals surface area contributed by atoms with E-state index in [1.807, 2.05) is 14.0 Å². The number of carbonyl (C=O) groups excluding carboxylic acids is 1. The van der Waals surface area contributed by atoms with E-state index in [1.165, 1.54) is 16.8 Å². The van der Waals surface area contributed by atoms with Crippen molar-refractivity contribution in [3.63, 3.8) is 0 Å². The molecule has 0 N–H and O–H groups in total. The maximum atomic E-state index is 11.1. The summed E-state index contributed by atoms with van der Waals surface area (Å²) in [6.45, 7) is 8.60. The Morgan fingerprint density at radius 3 is 2.39 bits per heavy atom. The van der Waals surface area contributed by atoms with Gasteiger partial charge in [-0.3, -0.25) is 4.79 Å². The lowest BCUT2D eigenvalue weighted by molar-refractivity contribution is -0.116. The van der Waals surface area contributed by atoms with Crippen molar-refractivity contribution >= 4 is 11.5 Å². The summed E-state index contributed by atoms with van der Waals surface area (Å²) in [7, 11) is 3.73. The Morgan fingerprint density at radius 1 is 1.28 bits per heavy atom. The van der Waals surface area contributed by atoms with Crippen molar-refractivity contribution in [2.24, 2.45) is 0 Å². The monoisotopic (exact) mass is 249 g/mol. The van der Waals surface area contributed by atoms with Crippen LogP contribution in [0.4, 0.5) is 5.69 Å². The number of ketones is 1. The van der Waals surface area contributed by atoms with Crippen LogP contribution in [0.2, 0.25) is 0 Å². The first-order chi connectivity index (χ1) is 8.38. The van der Waals surface area contributed by atoms with Gasteiger partial charge in [0.15, 0.2) is 0 Å². The van der Waals surface area contributed by atoms with Crippen molar-refractivity contribution < 1.29 is 9.53 Å². The summed E-state index contributed by atoms with van der Waals surface area (Å²) >= 11 is 0. The van der Waals surface area contributed by atoms with Gasteiger partial charge in [0.2, 0.25) is 0 Å². The largest absolute Gasteiger partial charge is 0.496 e. The quantitative estimate of drug-likeness (QED) is 0.803. The van der Waals surface area contributed by atoms with Gasteiger partial charge in [0.05, 0.1) is 7.11 Å². The zero-order valence-electron chi connectivity index (χ0n) is 12.3. The number of methoxy groups -OCH3 is 1. The number of nitrogens with zero attached hydrogens (tertiary/aromatic N) is 1. The lowest BCUT2D eigenvalue weighted by atomic mass is 10.0. The number of ether oxygens (including phenoxy) is 1. The highest BCUT2D eigenvalue weighted by Gasteiger charge is 2.13. The fraction of sp³-hybridized carbons (Fsp3) is 0.533. The molecule has 0 unspecified atom stereocenters. The fourth-order valence-corrected chi connectivity index (χ4v) is 2.19. The summed E-state index contributed by atoms with van der Waals surface area (Å²) < 4.78 is 5.42. The molecule has 0 aliphatic rings. The third kappa shape index (κ3) is 3.03. The Morgan fingerprint density at radius 2 is 1.89 bits per heavy atom. The minimum atomic E-state index is 0.224. The number of aryl methyl sites for hydroxylation is 1. The van der Waals surface area contributed by atoms with E-state index in [4.69, 9.17) is 4.74 Å². The molecule has 3 heteroatoms. The normalized spacial score (nSPS) is 10.3. The van der Waals surface area contributed by atoms with Crippen LogP contribution in [0.5, 0.6) is 5.75 Å². The molecule has 100 valence electrons. The molecule has 0 saturated carbocycles. The summed E-state index contributed by atoms with van der Waals surface area (Å²) in [5.74, 6) is 1.18. The number of carbonyl (C=O) groups is 1. The zero-order valence-corrected chi connectivity index (χ0v) is 12.3. The average molecular weight is 249 g/mol. The van der Waals surface area contributed by atoms with Gasteiger partial charge in [-0.1, -0.05) is 0 Å². The number of Topliss-reactive ketones (excluding diaryl/α,β-unsaturated/α-hetero) is 1. The SMILES string of the molecule is COc1c(C)cc(N(C)CCC(C)=O)c(C)c1C. The topological polar surface area (TPSA) is 29.5 Å². The van der Waals surface area contributed by atoms with Crippen molar-refractivity contribution in [1.29, 1.82) is 0 Å². The molecule has 0 spiro atoms. The van der Waals surface area contributed by atoms with Crippen LogP contribution in [-0.4, -0.2) is 26.5 Å². The van der Waals surface area contributed by atoms with Gasteiger partial charge in [0, 0.05) is 25.7 Å². The van der Waals surface area contributed by atoms with E-state index in [0.717, 1.165) is 17.9 Å². The Balaban J connectivity index is 3.06. The summed E-state index contributed by atoms with van der Waals surface area (Å²) in [4.78, 5) is 13.2. The predicted octanol–water partition coefficient (Wildman–Crippen LogP) is 3.04. The van der Waals surface area contributed by atoms with Gasteiger partial charge < -0.3 is 9.64 Å². The first kappa shape index (κ1) is 14.6. The van der Waals surface area contributed by atoms with E-state index in [2.05, 4.69) is 24.8 Å². The Kier molecular flexibility index (Phi) is 4.76. The van der Waals surface area contributed by atoms with Gasteiger partial charge in [-0.05, 0) is 50.5 Å². The number of hydrogen-bond acceptors (Lipinski definition) is 3. The molecule has 1 aromatic rings. The fourth-order valence-electron chi connectivity index (χ4n) is 2.19. The maximum absolute atomic E-state index is 11.1. The molecule has 3 nitrogen and oxygen atoms in total. The van der Waals surface area contributed by atoms with Gasteiger partial charge in [-0.25, -0.2) is 0 Å². The lowest BCUT2D eigenvalue weighted by Gasteiger charge is -2.24. The van der Waals surface area contributed by atoms with Crippen molar-refractivity contribution in [2.45, 2.75) is 34.1 Å². The van der Waals surface area contributed by atoms with Crippen LogP contribution in [0.25, 0.3) is 0 Å². The van der Waals surface area contributed by atoms with E-state index in [9.17, 15) is 4.79 Å². The van der Waals surface area contributed by atoms with E-state index in [1.54, 1.807) is 14.0 Å². The highest BCUT2D eigenvalue weighted by molar-refractivity contribution is 5.76. The van der Waals surface area contributed by atoms with Crippen LogP contribution < -0.4 is 9.64 Å². The van der Waals surface area contributed by atoms with Crippen molar-refractivity contribution in [1.82, 2.24) is 0 Å². The van der Waals surface area contributed by atoms with Gasteiger partial charge in [0.1, 0.15) is 11.5 Å². The minimum Gasteiger partial charge on any atom is -0.496 e. The highest BCUT2D eigenvalue weighted by atomic mass is 16.5. The van der Waals surface area contributed by atoms with Crippen molar-refractivity contribution in [3.05, 3.63) is 22.8 Å². The second-order valence-corrected chi connectivity index (χ2v) is 4.87. The molecule has 0 radical (unpaired) electrons. The van der Waals surface area contributed by atoms with Crippen LogP contribution >= 0.6 is 0 Å². The summed E-state index contributed by atoms with van der Waals surface area (Å²) in [6, 6.07) is 2.13. The highest BCUT2D eigenvalue weighted by Crippen LogP contribution is 2.33. The Labute approximate surface area is 110 Å². The van der Waals surface area contributed by atoms with E-state index < -0.39 is 0 Å². The molecule has 0 atom stereocenters. The molecule has 0 fully saturated rings. The predicted molar refractivity (Wildman–Crippen MR) is 75.8 cm³/mol. The van der Waals surface area contributed by atoms with Crippen LogP contribution in [0.15, 0.2) is 6.07 Å². The van der Waals surface area contributed by atoms with Gasteiger partial charge in [-0.2, -0.15) is 0 Å². The molecule has 18 heavy (non-hydrogen) atoms. The second-order valence-electron chi connectivity index (χ2n) is 4.87. The molecule has 0 amide bonds. The molecular weight excluding hydrogens is 226 g/mol. The summed E-state index contributed by atoms with van der Waals surface area (Å²) in [5, 5.41) is 0. The van der Waals surface area contributed by atoms with Crippen LogP contribution in [0.3, 0.4) is 0 Å². The molecule has 0 aliphatic heterocycles. The van der Waals surface area contributed by atoms with E-state index in [0.29, 0.717) is 6.42 Å². The van der Waals surface area contributed by atoms with Gasteiger partial charge in [-0.15, -0.1) is 0 Å². The number of benzene rings is 1. The molecule has 1 rings (SSSR count). The van der Waals surface area contributed by atoms with E-state index in [-0.39, 0.29) is 5.78 Å². The van der Waals surface area contributed by atoms with Gasteiger partial charge in [0.25, 0.3) is 0 Å². The third-order valence-electron chi connectivity index (χ3n) is 3.41. The van der Waals surface area contributed by atoms with Crippen LogP contribution in [0.1, 0.15) is 30.0 Å². The summed E-state index contributed by atoms with van der Waals surface area (Å²) in [5.41, 5.74) is 4.68. The molecule has 0 aromatic heterocycles. The minimum absolute atomic E-state index is 0.224. The maximum Gasteiger partial charge on any atom is 0.131 e. The molecule has 1 aromatic carbocycles. The molecule has 0 heterocycles. The smallest absolute Gasteiger partial charge is 0.131 e. The second kappa shape index (κ2) is 5.89. The van der Waals surface area contributed by atoms with E-state index >= 15 is 0 Å². The zero-order chi connectivity index (χ0) is 13.9. The summed E-state index contributed by atoms with van der Waals surface area (Å²) in [6.07, 6.45) is 0.583. The molecule has 0 aliphatic carbocycles.